The van der Waals surface area contributed by atoms with Crippen LogP contribution in [0.25, 0.3) is 0 Å². The fourth-order valence-electron chi connectivity index (χ4n) is 0.840. The molecule has 3 heterocycles. The first-order valence-corrected chi connectivity index (χ1v) is 3.90. The molecule has 0 fully saturated rings. The van der Waals surface area contributed by atoms with Crippen LogP contribution in [0.3, 0.4) is 0 Å². The van der Waals surface area contributed by atoms with E-state index in [4.69, 9.17) is 0 Å². The summed E-state index contributed by atoms with van der Waals surface area (Å²) < 4.78 is 0. The number of rotatable bonds is 0. The second-order valence-electron chi connectivity index (χ2n) is 2.34. The van der Waals surface area contributed by atoms with Gasteiger partial charge in [-0.05, 0) is 11.3 Å². The van der Waals surface area contributed by atoms with Crippen molar-refractivity contribution in [1.82, 2.24) is 9.97 Å². The van der Waals surface area contributed by atoms with E-state index in [2.05, 4.69) is 30.4 Å². The Kier molecular flexibility index (Phi) is 2.46. The van der Waals surface area contributed by atoms with E-state index in [1.54, 1.807) is 37.1 Å². The first-order valence-electron chi connectivity index (χ1n) is 3.90. The minimum atomic E-state index is 0.630. The van der Waals surface area contributed by atoms with Crippen molar-refractivity contribution >= 4 is 12.1 Å². The third kappa shape index (κ3) is 1.92. The molecule has 1 aromatic heterocycles. The van der Waals surface area contributed by atoms with Crippen molar-refractivity contribution in [3.63, 3.8) is 0 Å². The van der Waals surface area contributed by atoms with E-state index in [-0.39, 0.29) is 0 Å². The Labute approximate surface area is 79.8 Å². The Hall–Kier alpha value is -2.24. The number of aliphatic imine (C=N–C) groups is 1. The van der Waals surface area contributed by atoms with Gasteiger partial charge in [0.15, 0.2) is 0 Å². The average molecular weight is 186 g/mol. The molecule has 14 heavy (non-hydrogen) atoms. The molecule has 0 aliphatic carbocycles. The summed E-state index contributed by atoms with van der Waals surface area (Å²) in [7, 11) is 0. The van der Waals surface area contributed by atoms with Crippen LogP contribution in [-0.4, -0.2) is 22.0 Å². The van der Waals surface area contributed by atoms with Gasteiger partial charge in [-0.1, -0.05) is 0 Å². The molecule has 2 aliphatic heterocycles. The molecule has 3 rings (SSSR count). The zero-order valence-electron chi connectivity index (χ0n) is 7.15. The van der Waals surface area contributed by atoms with Crippen molar-refractivity contribution in [2.24, 2.45) is 20.4 Å². The molecule has 0 atom stereocenters. The number of hydrogen-bond acceptors (Lipinski definition) is 6. The van der Waals surface area contributed by atoms with E-state index in [9.17, 15) is 0 Å². The highest BCUT2D eigenvalue weighted by Gasteiger charge is 2.12. The highest BCUT2D eigenvalue weighted by Crippen LogP contribution is 2.12. The van der Waals surface area contributed by atoms with Crippen LogP contribution in [0.15, 0.2) is 57.0 Å². The van der Waals surface area contributed by atoms with E-state index >= 15 is 0 Å². The summed E-state index contributed by atoms with van der Waals surface area (Å²) in [5.74, 6) is 0.630. The summed E-state index contributed by atoms with van der Waals surface area (Å²) in [6.07, 6.45) is 9.99. The van der Waals surface area contributed by atoms with Crippen molar-refractivity contribution in [2.45, 2.75) is 0 Å². The Morgan fingerprint density at radius 1 is 0.929 bits per heavy atom. The van der Waals surface area contributed by atoms with Crippen LogP contribution in [0.5, 0.6) is 0 Å². The molecular formula is C8H6N6. The summed E-state index contributed by atoms with van der Waals surface area (Å²) in [6.45, 7) is 0. The fourth-order valence-corrected chi connectivity index (χ4v) is 0.840. The predicted octanol–water partition coefficient (Wildman–Crippen LogP) is 1.21. The molecule has 2 aliphatic rings. The summed E-state index contributed by atoms with van der Waals surface area (Å²) in [5.41, 5.74) is 0.769. The van der Waals surface area contributed by atoms with E-state index in [1.807, 2.05) is 0 Å². The third-order valence-corrected chi connectivity index (χ3v) is 1.43. The van der Waals surface area contributed by atoms with E-state index < -0.39 is 0 Å². The largest absolute Gasteiger partial charge is 0.262 e. The number of hydrogen-bond donors (Lipinski definition) is 0. The molecule has 6 heteroatoms. The van der Waals surface area contributed by atoms with Crippen LogP contribution >= 0.6 is 0 Å². The van der Waals surface area contributed by atoms with E-state index in [0.29, 0.717) is 5.84 Å². The standard InChI is InChI=1S/C4H2N4.C4H4N2/c1-2-5-4-3(1)6-8-7-4;1-2-6-4-3-5-1/h1-2H;1-4H. The summed E-state index contributed by atoms with van der Waals surface area (Å²) >= 11 is 0. The molecule has 0 saturated carbocycles. The molecule has 0 bridgehead atoms. The first kappa shape index (κ1) is 8.36. The van der Waals surface area contributed by atoms with Crippen LogP contribution < -0.4 is 0 Å². The van der Waals surface area contributed by atoms with Gasteiger partial charge in [-0.15, -0.1) is 10.2 Å². The smallest absolute Gasteiger partial charge is 0.204 e. The maximum Gasteiger partial charge on any atom is 0.204 e. The summed E-state index contributed by atoms with van der Waals surface area (Å²) in [4.78, 5) is 11.3. The number of aromatic nitrogens is 2. The molecule has 0 radical (unpaired) electrons. The average Bonchev–Trinajstić information content (AvgIpc) is 2.82. The van der Waals surface area contributed by atoms with Gasteiger partial charge in [0.25, 0.3) is 0 Å². The highest BCUT2D eigenvalue weighted by atomic mass is 15.4. The lowest BCUT2D eigenvalue weighted by Crippen LogP contribution is -1.83. The predicted molar refractivity (Wildman–Crippen MR) is 50.9 cm³/mol. The number of nitrogens with zero attached hydrogens (tertiary/aromatic N) is 6. The number of amidine groups is 1. The van der Waals surface area contributed by atoms with Crippen LogP contribution in [0.1, 0.15) is 0 Å². The van der Waals surface area contributed by atoms with Crippen molar-refractivity contribution in [2.75, 3.05) is 0 Å². The first-order chi connectivity index (χ1) is 6.97. The normalized spacial score (nSPS) is 15.4. The van der Waals surface area contributed by atoms with Gasteiger partial charge in [0, 0.05) is 31.0 Å². The molecule has 0 spiro atoms. The molecule has 0 unspecified atom stereocenters. The van der Waals surface area contributed by atoms with Gasteiger partial charge in [-0.3, -0.25) is 9.97 Å². The van der Waals surface area contributed by atoms with Crippen molar-refractivity contribution in [3.05, 3.63) is 36.6 Å². The Balaban J connectivity index is 0.000000112. The molecule has 68 valence electrons. The molecule has 6 nitrogen and oxygen atoms in total. The van der Waals surface area contributed by atoms with Gasteiger partial charge in [0.1, 0.15) is 5.70 Å². The van der Waals surface area contributed by atoms with Crippen molar-refractivity contribution < 1.29 is 0 Å². The van der Waals surface area contributed by atoms with Gasteiger partial charge >= 0.3 is 0 Å². The molecule has 0 aromatic carbocycles. The minimum Gasteiger partial charge on any atom is -0.262 e. The van der Waals surface area contributed by atoms with E-state index in [0.717, 1.165) is 5.70 Å². The lowest BCUT2D eigenvalue weighted by atomic mass is 10.4. The van der Waals surface area contributed by atoms with Crippen LogP contribution in [0.2, 0.25) is 0 Å². The third-order valence-electron chi connectivity index (χ3n) is 1.43. The van der Waals surface area contributed by atoms with Crippen molar-refractivity contribution in [3.8, 4) is 0 Å². The van der Waals surface area contributed by atoms with Crippen LogP contribution in [-0.2, 0) is 0 Å². The summed E-state index contributed by atoms with van der Waals surface area (Å²) in [6, 6.07) is 0. The number of allylic oxidation sites excluding steroid dienone is 1. The maximum atomic E-state index is 3.84. The lowest BCUT2D eigenvalue weighted by Gasteiger charge is -1.76. The Bertz CT molecular complexity index is 364. The zero-order valence-corrected chi connectivity index (χ0v) is 7.15. The van der Waals surface area contributed by atoms with E-state index in [1.165, 1.54) is 0 Å². The second-order valence-corrected chi connectivity index (χ2v) is 2.34. The molecule has 0 saturated heterocycles. The van der Waals surface area contributed by atoms with Gasteiger partial charge in [-0.25, -0.2) is 4.99 Å². The monoisotopic (exact) mass is 186 g/mol. The second kappa shape index (κ2) is 4.13. The molecule has 0 amide bonds. The topological polar surface area (TPSA) is 75.2 Å². The van der Waals surface area contributed by atoms with Crippen LogP contribution in [0, 0.1) is 0 Å². The summed E-state index contributed by atoms with van der Waals surface area (Å²) in [5, 5.41) is 10.7. The van der Waals surface area contributed by atoms with Gasteiger partial charge in [-0.2, -0.15) is 0 Å². The van der Waals surface area contributed by atoms with Gasteiger partial charge < -0.3 is 0 Å². The van der Waals surface area contributed by atoms with Crippen molar-refractivity contribution in [1.29, 1.82) is 0 Å². The molecule has 0 N–H and O–H groups in total. The fraction of sp³-hybridized carbons (Fsp3) is 0. The van der Waals surface area contributed by atoms with Gasteiger partial charge in [0.05, 0.1) is 0 Å². The minimum absolute atomic E-state index is 0.630. The van der Waals surface area contributed by atoms with Gasteiger partial charge in [0.2, 0.25) is 5.84 Å². The highest BCUT2D eigenvalue weighted by molar-refractivity contribution is 6.11. The Morgan fingerprint density at radius 2 is 1.64 bits per heavy atom. The molecule has 1 aromatic rings. The maximum absolute atomic E-state index is 3.84. The zero-order chi connectivity index (χ0) is 9.64. The SMILES string of the molecule is C1=NC2=NN=NC2=C1.c1cnccn1. The quantitative estimate of drug-likeness (QED) is 0.610. The number of fused-ring (bicyclic) bond motifs is 1. The Morgan fingerprint density at radius 3 is 2.21 bits per heavy atom. The van der Waals surface area contributed by atoms with Crippen LogP contribution in [0.4, 0.5) is 0 Å². The molecular weight excluding hydrogens is 180 g/mol. The lowest BCUT2D eigenvalue weighted by molar-refractivity contribution is 1.09.